The second-order valence-electron chi connectivity index (χ2n) is 6.47. The summed E-state index contributed by atoms with van der Waals surface area (Å²) in [5, 5.41) is 14.0. The zero-order chi connectivity index (χ0) is 14.9. The molecule has 0 unspecified atom stereocenters. The van der Waals surface area contributed by atoms with Crippen molar-refractivity contribution in [3.05, 3.63) is 41.3 Å². The molecule has 0 spiro atoms. The molecule has 4 nitrogen and oxygen atoms in total. The smallest absolute Gasteiger partial charge is 0.153 e. The molecule has 0 aliphatic carbocycles. The number of nitrogens with zero attached hydrogens (tertiary/aromatic N) is 3. The van der Waals surface area contributed by atoms with Gasteiger partial charge in [0.25, 0.3) is 0 Å². The standard InChI is InChI=1S/C16H23N3O/c1-11(2)13-6-7-19(18-13)15-9-12(10-20)8-14(17-15)16(3,4)5/h6-9,11,20H,10H2,1-5H3. The zero-order valence-electron chi connectivity index (χ0n) is 12.9. The van der Waals surface area contributed by atoms with Crippen molar-refractivity contribution in [3.63, 3.8) is 0 Å². The van der Waals surface area contributed by atoms with Crippen LogP contribution in [0.1, 0.15) is 57.5 Å². The van der Waals surface area contributed by atoms with Crippen LogP contribution in [0.25, 0.3) is 5.82 Å². The zero-order valence-corrected chi connectivity index (χ0v) is 12.9. The van der Waals surface area contributed by atoms with E-state index >= 15 is 0 Å². The summed E-state index contributed by atoms with van der Waals surface area (Å²) < 4.78 is 1.78. The van der Waals surface area contributed by atoms with E-state index in [0.29, 0.717) is 5.92 Å². The fraction of sp³-hybridized carbons (Fsp3) is 0.500. The van der Waals surface area contributed by atoms with E-state index < -0.39 is 0 Å². The van der Waals surface area contributed by atoms with Gasteiger partial charge in [-0.1, -0.05) is 34.6 Å². The Morgan fingerprint density at radius 3 is 2.45 bits per heavy atom. The second-order valence-corrected chi connectivity index (χ2v) is 6.47. The van der Waals surface area contributed by atoms with Crippen LogP contribution < -0.4 is 0 Å². The molecule has 20 heavy (non-hydrogen) atoms. The largest absolute Gasteiger partial charge is 0.392 e. The molecule has 4 heteroatoms. The Morgan fingerprint density at radius 2 is 1.95 bits per heavy atom. The Kier molecular flexibility index (Phi) is 3.95. The molecule has 0 aromatic carbocycles. The lowest BCUT2D eigenvalue weighted by molar-refractivity contribution is 0.281. The molecule has 2 aromatic heterocycles. The first-order chi connectivity index (χ1) is 9.31. The van der Waals surface area contributed by atoms with Crippen LogP contribution in [0.5, 0.6) is 0 Å². The van der Waals surface area contributed by atoms with Gasteiger partial charge in [0.15, 0.2) is 5.82 Å². The van der Waals surface area contributed by atoms with Gasteiger partial charge in [0.1, 0.15) is 0 Å². The number of pyridine rings is 1. The maximum absolute atomic E-state index is 9.44. The average Bonchev–Trinajstić information content (AvgIpc) is 2.87. The summed E-state index contributed by atoms with van der Waals surface area (Å²) in [7, 11) is 0. The summed E-state index contributed by atoms with van der Waals surface area (Å²) in [6.45, 7) is 10.6. The number of hydrogen-bond donors (Lipinski definition) is 1. The van der Waals surface area contributed by atoms with E-state index in [9.17, 15) is 5.11 Å². The fourth-order valence-electron chi connectivity index (χ4n) is 1.94. The summed E-state index contributed by atoms with van der Waals surface area (Å²) in [6.07, 6.45) is 1.92. The van der Waals surface area contributed by atoms with Crippen LogP contribution >= 0.6 is 0 Å². The minimum absolute atomic E-state index is 0.0108. The maximum atomic E-state index is 9.44. The van der Waals surface area contributed by atoms with Crippen LogP contribution in [0.3, 0.4) is 0 Å². The monoisotopic (exact) mass is 273 g/mol. The van der Waals surface area contributed by atoms with Gasteiger partial charge < -0.3 is 5.11 Å². The van der Waals surface area contributed by atoms with Crippen molar-refractivity contribution in [1.82, 2.24) is 14.8 Å². The first-order valence-corrected chi connectivity index (χ1v) is 6.99. The molecule has 0 saturated heterocycles. The Balaban J connectivity index is 2.49. The highest BCUT2D eigenvalue weighted by Gasteiger charge is 2.18. The lowest BCUT2D eigenvalue weighted by Crippen LogP contribution is -2.16. The summed E-state index contributed by atoms with van der Waals surface area (Å²) in [6, 6.07) is 5.84. The van der Waals surface area contributed by atoms with Gasteiger partial charge in [-0.3, -0.25) is 0 Å². The van der Waals surface area contributed by atoms with Gasteiger partial charge in [-0.15, -0.1) is 0 Å². The summed E-state index contributed by atoms with van der Waals surface area (Å²) in [4.78, 5) is 4.68. The summed E-state index contributed by atoms with van der Waals surface area (Å²) in [5.74, 6) is 1.15. The average molecular weight is 273 g/mol. The first-order valence-electron chi connectivity index (χ1n) is 6.99. The van der Waals surface area contributed by atoms with Gasteiger partial charge in [0.05, 0.1) is 12.3 Å². The Labute approximate surface area is 120 Å². The number of rotatable bonds is 3. The van der Waals surface area contributed by atoms with Gasteiger partial charge in [-0.25, -0.2) is 9.67 Å². The molecular formula is C16H23N3O. The van der Waals surface area contributed by atoms with Crippen LogP contribution in [0.4, 0.5) is 0 Å². The predicted octanol–water partition coefficient (Wildman–Crippen LogP) is 3.18. The van der Waals surface area contributed by atoms with Crippen molar-refractivity contribution < 1.29 is 5.11 Å². The van der Waals surface area contributed by atoms with E-state index in [1.54, 1.807) is 4.68 Å². The van der Waals surface area contributed by atoms with Crippen LogP contribution in [-0.2, 0) is 12.0 Å². The number of hydrogen-bond acceptors (Lipinski definition) is 3. The van der Waals surface area contributed by atoms with Crippen molar-refractivity contribution >= 4 is 0 Å². The number of aromatic nitrogens is 3. The van der Waals surface area contributed by atoms with Crippen molar-refractivity contribution in [2.45, 2.75) is 52.6 Å². The second kappa shape index (κ2) is 5.37. The molecule has 0 bridgehead atoms. The SMILES string of the molecule is CC(C)c1ccn(-c2cc(CO)cc(C(C)(C)C)n2)n1. The van der Waals surface area contributed by atoms with Crippen LogP contribution in [0, 0.1) is 0 Å². The quantitative estimate of drug-likeness (QED) is 0.934. The third kappa shape index (κ3) is 3.07. The molecule has 0 fully saturated rings. The highest BCUT2D eigenvalue weighted by atomic mass is 16.3. The van der Waals surface area contributed by atoms with Crippen LogP contribution in [-0.4, -0.2) is 19.9 Å². The third-order valence-electron chi connectivity index (χ3n) is 3.26. The van der Waals surface area contributed by atoms with E-state index in [1.807, 2.05) is 24.4 Å². The van der Waals surface area contributed by atoms with Crippen molar-refractivity contribution in [1.29, 1.82) is 0 Å². The van der Waals surface area contributed by atoms with Crippen LogP contribution in [0.15, 0.2) is 24.4 Å². The molecule has 1 N–H and O–H groups in total. The minimum Gasteiger partial charge on any atom is -0.392 e. The molecule has 0 radical (unpaired) electrons. The minimum atomic E-state index is -0.0615. The molecule has 108 valence electrons. The maximum Gasteiger partial charge on any atom is 0.153 e. The van der Waals surface area contributed by atoms with Gasteiger partial charge in [-0.2, -0.15) is 5.10 Å². The Morgan fingerprint density at radius 1 is 1.25 bits per heavy atom. The highest BCUT2D eigenvalue weighted by molar-refractivity contribution is 5.33. The number of aliphatic hydroxyl groups excluding tert-OH is 1. The van der Waals surface area contributed by atoms with E-state index in [1.165, 1.54) is 0 Å². The summed E-state index contributed by atoms with van der Waals surface area (Å²) in [5.41, 5.74) is 2.80. The van der Waals surface area contributed by atoms with Gasteiger partial charge in [-0.05, 0) is 29.7 Å². The molecular weight excluding hydrogens is 250 g/mol. The molecule has 2 rings (SSSR count). The molecule has 0 atom stereocenters. The topological polar surface area (TPSA) is 50.9 Å². The van der Waals surface area contributed by atoms with Crippen molar-refractivity contribution in [2.24, 2.45) is 0 Å². The molecule has 0 aliphatic heterocycles. The van der Waals surface area contributed by atoms with E-state index in [0.717, 1.165) is 22.8 Å². The van der Waals surface area contributed by atoms with Gasteiger partial charge >= 0.3 is 0 Å². The molecule has 2 aromatic rings. The Hall–Kier alpha value is -1.68. The highest BCUT2D eigenvalue weighted by Crippen LogP contribution is 2.23. The first kappa shape index (κ1) is 14.7. The Bertz CT molecular complexity index is 594. The normalized spacial score (nSPS) is 12.2. The van der Waals surface area contributed by atoms with Crippen LogP contribution in [0.2, 0.25) is 0 Å². The van der Waals surface area contributed by atoms with E-state index in [2.05, 4.69) is 44.7 Å². The lowest BCUT2D eigenvalue weighted by Gasteiger charge is -2.19. The molecule has 0 aliphatic rings. The van der Waals surface area contributed by atoms with Gasteiger partial charge in [0, 0.05) is 17.3 Å². The lowest BCUT2D eigenvalue weighted by atomic mass is 9.91. The number of aliphatic hydroxyl groups is 1. The molecule has 2 heterocycles. The van der Waals surface area contributed by atoms with Crippen molar-refractivity contribution in [2.75, 3.05) is 0 Å². The predicted molar refractivity (Wildman–Crippen MR) is 80.1 cm³/mol. The fourth-order valence-corrected chi connectivity index (χ4v) is 1.94. The van der Waals surface area contributed by atoms with Gasteiger partial charge in [0.2, 0.25) is 0 Å². The van der Waals surface area contributed by atoms with Crippen molar-refractivity contribution in [3.8, 4) is 5.82 Å². The molecule has 0 amide bonds. The van der Waals surface area contributed by atoms with E-state index in [4.69, 9.17) is 0 Å². The summed E-state index contributed by atoms with van der Waals surface area (Å²) >= 11 is 0. The third-order valence-corrected chi connectivity index (χ3v) is 3.26. The molecule has 0 saturated carbocycles. The van der Waals surface area contributed by atoms with E-state index in [-0.39, 0.29) is 12.0 Å².